The number of aromatic nitrogens is 4. The number of rotatable bonds is 8. The Hall–Kier alpha value is -1.89. The molecule has 2 aromatic heterocycles. The van der Waals surface area contributed by atoms with Gasteiger partial charge >= 0.3 is 5.69 Å². The maximum Gasteiger partial charge on any atom is 0.332 e. The number of hydrogen-bond donors (Lipinski definition) is 0. The Bertz CT molecular complexity index is 890. The summed E-state index contributed by atoms with van der Waals surface area (Å²) in [5.74, 6) is 0.650. The second-order valence-electron chi connectivity index (χ2n) is 7.77. The number of hydrogen-bond acceptors (Lipinski definition) is 4. The third kappa shape index (κ3) is 3.37. The minimum atomic E-state index is -0.283. The van der Waals surface area contributed by atoms with Gasteiger partial charge in [0, 0.05) is 39.3 Å². The molecule has 0 amide bonds. The summed E-state index contributed by atoms with van der Waals surface area (Å²) in [4.78, 5) is 32.1. The zero-order valence-corrected chi connectivity index (χ0v) is 16.6. The Kier molecular flexibility index (Phi) is 5.37. The summed E-state index contributed by atoms with van der Waals surface area (Å²) in [5, 5.41) is 0. The van der Waals surface area contributed by atoms with Crippen molar-refractivity contribution in [3.63, 3.8) is 0 Å². The molecule has 26 heavy (non-hydrogen) atoms. The molecule has 0 radical (unpaired) electrons. The van der Waals surface area contributed by atoms with Crippen molar-refractivity contribution in [3.8, 4) is 0 Å². The number of imidazole rings is 1. The van der Waals surface area contributed by atoms with Crippen LogP contribution in [0.2, 0.25) is 0 Å². The van der Waals surface area contributed by atoms with E-state index in [4.69, 9.17) is 0 Å². The maximum absolute atomic E-state index is 12.8. The Labute approximate surface area is 154 Å². The van der Waals surface area contributed by atoms with Gasteiger partial charge in [0.1, 0.15) is 0 Å². The SMILES string of the molecule is CCC(C)C(C)N(CCCn1c(=O)c2c(ncn2C)n(C)c1=O)C1CC1. The van der Waals surface area contributed by atoms with Crippen molar-refractivity contribution in [3.05, 3.63) is 27.2 Å². The first-order chi connectivity index (χ1) is 12.4. The fourth-order valence-corrected chi connectivity index (χ4v) is 3.80. The topological polar surface area (TPSA) is 65.1 Å². The van der Waals surface area contributed by atoms with E-state index in [9.17, 15) is 9.59 Å². The summed E-state index contributed by atoms with van der Waals surface area (Å²) >= 11 is 0. The second-order valence-corrected chi connectivity index (χ2v) is 7.77. The normalized spacial score (nSPS) is 17.2. The molecular formula is C19H31N5O2. The van der Waals surface area contributed by atoms with E-state index in [0.29, 0.717) is 35.7 Å². The Balaban J connectivity index is 1.78. The first-order valence-corrected chi connectivity index (χ1v) is 9.73. The highest BCUT2D eigenvalue weighted by Crippen LogP contribution is 2.31. The van der Waals surface area contributed by atoms with E-state index in [0.717, 1.165) is 13.0 Å². The summed E-state index contributed by atoms with van der Waals surface area (Å²) in [6, 6.07) is 1.21. The lowest BCUT2D eigenvalue weighted by Crippen LogP contribution is -2.42. The second kappa shape index (κ2) is 7.39. The predicted octanol–water partition coefficient (Wildman–Crippen LogP) is 1.72. The first-order valence-electron chi connectivity index (χ1n) is 9.73. The van der Waals surface area contributed by atoms with Crippen LogP contribution in [0.3, 0.4) is 0 Å². The van der Waals surface area contributed by atoms with Crippen molar-refractivity contribution >= 4 is 11.2 Å². The van der Waals surface area contributed by atoms with Gasteiger partial charge in [-0.15, -0.1) is 0 Å². The molecule has 144 valence electrons. The van der Waals surface area contributed by atoms with E-state index >= 15 is 0 Å². The summed E-state index contributed by atoms with van der Waals surface area (Å²) in [5.41, 5.74) is 0.410. The molecule has 1 saturated carbocycles. The highest BCUT2D eigenvalue weighted by Gasteiger charge is 2.33. The van der Waals surface area contributed by atoms with Gasteiger partial charge in [-0.3, -0.25) is 18.8 Å². The van der Waals surface area contributed by atoms with Gasteiger partial charge in [0.05, 0.1) is 6.33 Å². The van der Waals surface area contributed by atoms with Crippen LogP contribution in [0, 0.1) is 5.92 Å². The molecule has 7 nitrogen and oxygen atoms in total. The minimum Gasteiger partial charge on any atom is -0.328 e. The van der Waals surface area contributed by atoms with Crippen molar-refractivity contribution in [2.75, 3.05) is 6.54 Å². The lowest BCUT2D eigenvalue weighted by Gasteiger charge is -2.33. The fourth-order valence-electron chi connectivity index (χ4n) is 3.80. The molecule has 2 aromatic rings. The monoisotopic (exact) mass is 361 g/mol. The van der Waals surface area contributed by atoms with Crippen molar-refractivity contribution in [2.45, 2.75) is 65.1 Å². The molecule has 0 N–H and O–H groups in total. The summed E-state index contributed by atoms with van der Waals surface area (Å²) in [6.45, 7) is 8.22. The average molecular weight is 361 g/mol. The summed E-state index contributed by atoms with van der Waals surface area (Å²) in [6.07, 6.45) is 6.09. The van der Waals surface area contributed by atoms with Crippen LogP contribution in [0.1, 0.15) is 46.5 Å². The fraction of sp³-hybridized carbons (Fsp3) is 0.737. The van der Waals surface area contributed by atoms with E-state index < -0.39 is 0 Å². The van der Waals surface area contributed by atoms with Crippen molar-refractivity contribution in [1.29, 1.82) is 0 Å². The lowest BCUT2D eigenvalue weighted by molar-refractivity contribution is 0.145. The smallest absolute Gasteiger partial charge is 0.328 e. The van der Waals surface area contributed by atoms with Gasteiger partial charge in [0.2, 0.25) is 0 Å². The van der Waals surface area contributed by atoms with Crippen LogP contribution < -0.4 is 11.2 Å². The van der Waals surface area contributed by atoms with Crippen molar-refractivity contribution in [2.24, 2.45) is 20.0 Å². The number of nitrogens with zero attached hydrogens (tertiary/aromatic N) is 5. The van der Waals surface area contributed by atoms with Crippen LogP contribution in [-0.4, -0.2) is 42.2 Å². The van der Waals surface area contributed by atoms with Crippen LogP contribution in [0.25, 0.3) is 11.2 Å². The molecule has 1 fully saturated rings. The van der Waals surface area contributed by atoms with Crippen LogP contribution in [0.4, 0.5) is 0 Å². The van der Waals surface area contributed by atoms with E-state index in [1.807, 2.05) is 0 Å². The Morgan fingerprint density at radius 2 is 1.96 bits per heavy atom. The molecule has 0 spiro atoms. The molecule has 1 aliphatic rings. The van der Waals surface area contributed by atoms with Gasteiger partial charge in [-0.25, -0.2) is 9.78 Å². The average Bonchev–Trinajstić information content (AvgIpc) is 3.39. The largest absolute Gasteiger partial charge is 0.332 e. The van der Waals surface area contributed by atoms with Gasteiger partial charge in [0.15, 0.2) is 11.2 Å². The Morgan fingerprint density at radius 1 is 1.27 bits per heavy atom. The highest BCUT2D eigenvalue weighted by molar-refractivity contribution is 5.69. The van der Waals surface area contributed by atoms with Crippen molar-refractivity contribution in [1.82, 2.24) is 23.6 Å². The molecular weight excluding hydrogens is 330 g/mol. The third-order valence-corrected chi connectivity index (χ3v) is 6.01. The Morgan fingerprint density at radius 3 is 2.58 bits per heavy atom. The van der Waals surface area contributed by atoms with Crippen LogP contribution in [0.15, 0.2) is 15.9 Å². The quantitative estimate of drug-likeness (QED) is 0.718. The minimum absolute atomic E-state index is 0.240. The molecule has 2 atom stereocenters. The first kappa shape index (κ1) is 18.9. The standard InChI is InChI=1S/C19H31N5O2/c1-6-13(2)14(3)23(15-8-9-15)10-7-11-24-18(25)16-17(20-12-21(16)4)22(5)19(24)26/h12-15H,6-11H2,1-5H3. The lowest BCUT2D eigenvalue weighted by atomic mass is 9.99. The van der Waals surface area contributed by atoms with Gasteiger partial charge in [0.25, 0.3) is 5.56 Å². The van der Waals surface area contributed by atoms with E-state index in [2.05, 4.69) is 30.7 Å². The summed E-state index contributed by atoms with van der Waals surface area (Å²) in [7, 11) is 3.46. The molecule has 2 unspecified atom stereocenters. The van der Waals surface area contributed by atoms with Crippen LogP contribution in [-0.2, 0) is 20.6 Å². The van der Waals surface area contributed by atoms with Gasteiger partial charge in [-0.2, -0.15) is 0 Å². The molecule has 7 heteroatoms. The number of fused-ring (bicyclic) bond motifs is 1. The molecule has 0 bridgehead atoms. The van der Waals surface area contributed by atoms with E-state index in [-0.39, 0.29) is 11.2 Å². The molecule has 0 aromatic carbocycles. The van der Waals surface area contributed by atoms with Crippen LogP contribution in [0.5, 0.6) is 0 Å². The van der Waals surface area contributed by atoms with E-state index in [1.54, 1.807) is 25.0 Å². The summed E-state index contributed by atoms with van der Waals surface area (Å²) < 4.78 is 4.52. The third-order valence-electron chi connectivity index (χ3n) is 6.01. The van der Waals surface area contributed by atoms with Gasteiger partial charge < -0.3 is 4.57 Å². The maximum atomic E-state index is 12.8. The molecule has 0 aliphatic heterocycles. The highest BCUT2D eigenvalue weighted by atomic mass is 16.2. The molecule has 3 rings (SSSR count). The molecule has 0 saturated heterocycles. The van der Waals surface area contributed by atoms with Gasteiger partial charge in [-0.05, 0) is 32.1 Å². The van der Waals surface area contributed by atoms with Crippen molar-refractivity contribution < 1.29 is 0 Å². The molecule has 2 heterocycles. The zero-order chi connectivity index (χ0) is 19.0. The van der Waals surface area contributed by atoms with Crippen LogP contribution >= 0.6 is 0 Å². The predicted molar refractivity (Wildman–Crippen MR) is 103 cm³/mol. The molecule has 1 aliphatic carbocycles. The zero-order valence-electron chi connectivity index (χ0n) is 16.6. The van der Waals surface area contributed by atoms with Gasteiger partial charge in [-0.1, -0.05) is 20.3 Å². The number of aryl methyl sites for hydroxylation is 2. The van der Waals surface area contributed by atoms with E-state index in [1.165, 1.54) is 28.4 Å².